The number of ketones is 1. The van der Waals surface area contributed by atoms with Crippen LogP contribution in [0.5, 0.6) is 0 Å². The van der Waals surface area contributed by atoms with E-state index in [1.54, 1.807) is 27.7 Å². The molecular weight excluding hydrogens is 298 g/mol. The first-order chi connectivity index (χ1) is 10.8. The van der Waals surface area contributed by atoms with Gasteiger partial charge in [0.05, 0.1) is 36.0 Å². The Labute approximate surface area is 136 Å². The SMILES string of the molecule is CCC(=O)C1C2C=CC(O2)C1C(=O)NCCOC(=O)C(C)(C)C. The normalized spacial score (nSPS) is 28.7. The molecule has 1 N–H and O–H groups in total. The standard InChI is InChI=1S/C17H25NO5/c1-5-10(19)13-11-6-7-12(23-11)14(13)15(20)18-8-9-22-16(21)17(2,3)4/h6-7,11-14H,5,8-9H2,1-4H3,(H,18,20). The number of hydrogen-bond donors (Lipinski definition) is 1. The van der Waals surface area contributed by atoms with Crippen LogP contribution in [-0.2, 0) is 23.9 Å². The summed E-state index contributed by atoms with van der Waals surface area (Å²) in [5, 5.41) is 2.74. The van der Waals surface area contributed by atoms with Gasteiger partial charge < -0.3 is 14.8 Å². The van der Waals surface area contributed by atoms with Gasteiger partial charge in [0.2, 0.25) is 5.91 Å². The second-order valence-electron chi connectivity index (χ2n) is 7.00. The van der Waals surface area contributed by atoms with Crippen molar-refractivity contribution in [1.29, 1.82) is 0 Å². The fraction of sp³-hybridized carbons (Fsp3) is 0.706. The van der Waals surface area contributed by atoms with Gasteiger partial charge in [-0.2, -0.15) is 0 Å². The zero-order valence-electron chi connectivity index (χ0n) is 14.1. The van der Waals surface area contributed by atoms with E-state index in [2.05, 4.69) is 5.32 Å². The van der Waals surface area contributed by atoms with Crippen LogP contribution in [-0.4, -0.2) is 43.0 Å². The van der Waals surface area contributed by atoms with Crippen LogP contribution in [0.1, 0.15) is 34.1 Å². The van der Waals surface area contributed by atoms with Crippen molar-refractivity contribution in [3.8, 4) is 0 Å². The van der Waals surface area contributed by atoms with Gasteiger partial charge in [0.25, 0.3) is 0 Å². The summed E-state index contributed by atoms with van der Waals surface area (Å²) in [4.78, 5) is 36.1. The van der Waals surface area contributed by atoms with Crippen molar-refractivity contribution in [3.05, 3.63) is 12.2 Å². The number of esters is 1. The van der Waals surface area contributed by atoms with Gasteiger partial charge in [-0.15, -0.1) is 0 Å². The van der Waals surface area contributed by atoms with Crippen LogP contribution in [0.25, 0.3) is 0 Å². The quantitative estimate of drug-likeness (QED) is 0.452. The summed E-state index contributed by atoms with van der Waals surface area (Å²) in [5.74, 6) is -1.39. The molecular formula is C17H25NO5. The Kier molecular flexibility index (Phi) is 5.24. The summed E-state index contributed by atoms with van der Waals surface area (Å²) in [7, 11) is 0. The molecule has 0 radical (unpaired) electrons. The average Bonchev–Trinajstić information content (AvgIpc) is 3.10. The lowest BCUT2D eigenvalue weighted by Gasteiger charge is -2.23. The minimum absolute atomic E-state index is 0.0427. The Morgan fingerprint density at radius 2 is 1.74 bits per heavy atom. The van der Waals surface area contributed by atoms with Crippen LogP contribution in [0.3, 0.4) is 0 Å². The predicted octanol–water partition coefficient (Wildman–Crippen LogP) is 1.24. The molecule has 1 amide bonds. The van der Waals surface area contributed by atoms with E-state index >= 15 is 0 Å². The number of amides is 1. The number of hydrogen-bond acceptors (Lipinski definition) is 5. The zero-order chi connectivity index (χ0) is 17.2. The van der Waals surface area contributed by atoms with Crippen molar-refractivity contribution in [2.75, 3.05) is 13.2 Å². The highest BCUT2D eigenvalue weighted by atomic mass is 16.5. The van der Waals surface area contributed by atoms with E-state index in [-0.39, 0.29) is 43.0 Å². The lowest BCUT2D eigenvalue weighted by Crippen LogP contribution is -2.43. The Hall–Kier alpha value is -1.69. The Bertz CT molecular complexity index is 520. The van der Waals surface area contributed by atoms with Gasteiger partial charge in [0.1, 0.15) is 12.4 Å². The lowest BCUT2D eigenvalue weighted by atomic mass is 9.79. The third kappa shape index (κ3) is 3.80. The van der Waals surface area contributed by atoms with E-state index in [0.29, 0.717) is 6.42 Å². The molecule has 0 saturated carbocycles. The Morgan fingerprint density at radius 1 is 1.13 bits per heavy atom. The molecule has 6 nitrogen and oxygen atoms in total. The largest absolute Gasteiger partial charge is 0.463 e. The second kappa shape index (κ2) is 6.83. The molecule has 2 bridgehead atoms. The number of carbonyl (C=O) groups excluding carboxylic acids is 3. The van der Waals surface area contributed by atoms with E-state index in [4.69, 9.17) is 9.47 Å². The Balaban J connectivity index is 1.85. The Morgan fingerprint density at radius 3 is 2.30 bits per heavy atom. The first-order valence-corrected chi connectivity index (χ1v) is 8.07. The highest BCUT2D eigenvalue weighted by molar-refractivity contribution is 5.91. The number of nitrogens with one attached hydrogen (secondary N) is 1. The minimum atomic E-state index is -0.564. The van der Waals surface area contributed by atoms with Crippen molar-refractivity contribution in [1.82, 2.24) is 5.32 Å². The van der Waals surface area contributed by atoms with Crippen molar-refractivity contribution in [2.45, 2.75) is 46.3 Å². The third-order valence-corrected chi connectivity index (χ3v) is 4.17. The molecule has 1 fully saturated rings. The lowest BCUT2D eigenvalue weighted by molar-refractivity contribution is -0.153. The molecule has 6 heteroatoms. The minimum Gasteiger partial charge on any atom is -0.463 e. The third-order valence-electron chi connectivity index (χ3n) is 4.17. The molecule has 4 unspecified atom stereocenters. The summed E-state index contributed by atoms with van der Waals surface area (Å²) < 4.78 is 10.8. The smallest absolute Gasteiger partial charge is 0.311 e. The molecule has 2 heterocycles. The topological polar surface area (TPSA) is 81.7 Å². The first kappa shape index (κ1) is 17.7. The van der Waals surface area contributed by atoms with Gasteiger partial charge in [-0.05, 0) is 20.8 Å². The van der Waals surface area contributed by atoms with Gasteiger partial charge >= 0.3 is 5.97 Å². The van der Waals surface area contributed by atoms with E-state index in [1.165, 1.54) is 0 Å². The van der Waals surface area contributed by atoms with E-state index in [9.17, 15) is 14.4 Å². The average molecular weight is 323 g/mol. The van der Waals surface area contributed by atoms with Crippen LogP contribution in [0.2, 0.25) is 0 Å². The van der Waals surface area contributed by atoms with Crippen LogP contribution in [0.15, 0.2) is 12.2 Å². The molecule has 128 valence electrons. The number of carbonyl (C=O) groups is 3. The van der Waals surface area contributed by atoms with Crippen LogP contribution in [0.4, 0.5) is 0 Å². The molecule has 0 aliphatic carbocycles. The molecule has 23 heavy (non-hydrogen) atoms. The van der Waals surface area contributed by atoms with Gasteiger partial charge in [0, 0.05) is 6.42 Å². The maximum absolute atomic E-state index is 12.4. The highest BCUT2D eigenvalue weighted by Gasteiger charge is 2.51. The van der Waals surface area contributed by atoms with Crippen LogP contribution >= 0.6 is 0 Å². The van der Waals surface area contributed by atoms with Gasteiger partial charge in [0.15, 0.2) is 0 Å². The fourth-order valence-electron chi connectivity index (χ4n) is 2.89. The van der Waals surface area contributed by atoms with E-state index < -0.39 is 17.3 Å². The van der Waals surface area contributed by atoms with Crippen LogP contribution < -0.4 is 5.32 Å². The number of Topliss-reactive ketones (excluding diaryl/α,β-unsaturated/α-hetero) is 1. The van der Waals surface area contributed by atoms with Gasteiger partial charge in [-0.25, -0.2) is 0 Å². The molecule has 2 rings (SSSR count). The van der Waals surface area contributed by atoms with Gasteiger partial charge in [-0.1, -0.05) is 19.1 Å². The molecule has 2 aliphatic rings. The fourth-order valence-corrected chi connectivity index (χ4v) is 2.89. The summed E-state index contributed by atoms with van der Waals surface area (Å²) in [6.45, 7) is 7.45. The number of ether oxygens (including phenoxy) is 2. The number of fused-ring (bicyclic) bond motifs is 2. The molecule has 0 aromatic rings. The molecule has 2 aliphatic heterocycles. The summed E-state index contributed by atoms with van der Waals surface area (Å²) in [6.07, 6.45) is 3.46. The second-order valence-corrected chi connectivity index (χ2v) is 7.00. The summed E-state index contributed by atoms with van der Waals surface area (Å²) in [6, 6.07) is 0. The monoisotopic (exact) mass is 323 g/mol. The maximum Gasteiger partial charge on any atom is 0.311 e. The molecule has 1 saturated heterocycles. The van der Waals surface area contributed by atoms with Crippen LogP contribution in [0, 0.1) is 17.3 Å². The summed E-state index contributed by atoms with van der Waals surface area (Å²) in [5.41, 5.74) is -0.564. The van der Waals surface area contributed by atoms with Crippen molar-refractivity contribution >= 4 is 17.7 Å². The van der Waals surface area contributed by atoms with Crippen molar-refractivity contribution in [3.63, 3.8) is 0 Å². The van der Waals surface area contributed by atoms with Crippen molar-refractivity contribution < 1.29 is 23.9 Å². The molecule has 0 aromatic heterocycles. The molecule has 0 spiro atoms. The first-order valence-electron chi connectivity index (χ1n) is 8.07. The van der Waals surface area contributed by atoms with Gasteiger partial charge in [-0.3, -0.25) is 14.4 Å². The molecule has 4 atom stereocenters. The number of rotatable bonds is 6. The maximum atomic E-state index is 12.4. The van der Waals surface area contributed by atoms with E-state index in [1.807, 2.05) is 12.2 Å². The zero-order valence-corrected chi connectivity index (χ0v) is 14.1. The predicted molar refractivity (Wildman–Crippen MR) is 83.5 cm³/mol. The summed E-state index contributed by atoms with van der Waals surface area (Å²) >= 11 is 0. The van der Waals surface area contributed by atoms with E-state index in [0.717, 1.165) is 0 Å². The molecule has 0 aromatic carbocycles. The highest BCUT2D eigenvalue weighted by Crippen LogP contribution is 2.40. The van der Waals surface area contributed by atoms with Crippen molar-refractivity contribution in [2.24, 2.45) is 17.3 Å².